The first kappa shape index (κ1) is 11.4. The first-order valence-electron chi connectivity index (χ1n) is 4.59. The summed E-state index contributed by atoms with van der Waals surface area (Å²) in [4.78, 5) is 0.914. The molecule has 0 atom stereocenters. The van der Waals surface area contributed by atoms with Gasteiger partial charge in [-0.3, -0.25) is 0 Å². The van der Waals surface area contributed by atoms with E-state index in [2.05, 4.69) is 15.5 Å². The molecule has 2 N–H and O–H groups in total. The van der Waals surface area contributed by atoms with Gasteiger partial charge < -0.3 is 5.73 Å². The van der Waals surface area contributed by atoms with Gasteiger partial charge in [-0.05, 0) is 39.9 Å². The van der Waals surface area contributed by atoms with Gasteiger partial charge in [-0.15, -0.1) is 5.10 Å². The number of benzene rings is 1. The summed E-state index contributed by atoms with van der Waals surface area (Å²) in [7, 11) is 1.78. The van der Waals surface area contributed by atoms with Gasteiger partial charge in [0.25, 0.3) is 0 Å². The third-order valence-electron chi connectivity index (χ3n) is 2.01. The third kappa shape index (κ3) is 2.34. The summed E-state index contributed by atoms with van der Waals surface area (Å²) in [6.45, 7) is 0.482. The number of nitrogens with zero attached hydrogens (tertiary/aromatic N) is 4. The van der Waals surface area contributed by atoms with Crippen LogP contribution < -0.4 is 5.73 Å². The molecular formula is C9H10ClN5S. The van der Waals surface area contributed by atoms with E-state index >= 15 is 0 Å². The van der Waals surface area contributed by atoms with Gasteiger partial charge in [0.05, 0.1) is 5.02 Å². The highest BCUT2D eigenvalue weighted by Gasteiger charge is 2.08. The maximum absolute atomic E-state index is 6.12. The van der Waals surface area contributed by atoms with Gasteiger partial charge in [-0.2, -0.15) is 0 Å². The van der Waals surface area contributed by atoms with Crippen molar-refractivity contribution in [2.45, 2.75) is 16.6 Å². The van der Waals surface area contributed by atoms with Crippen LogP contribution >= 0.6 is 23.4 Å². The van der Waals surface area contributed by atoms with Crippen LogP contribution in [0.2, 0.25) is 5.02 Å². The van der Waals surface area contributed by atoms with Crippen molar-refractivity contribution < 1.29 is 0 Å². The van der Waals surface area contributed by atoms with Crippen LogP contribution in [0, 0.1) is 0 Å². The molecule has 0 aliphatic rings. The highest BCUT2D eigenvalue weighted by molar-refractivity contribution is 7.99. The minimum atomic E-state index is 0.482. The molecule has 1 aromatic carbocycles. The van der Waals surface area contributed by atoms with Gasteiger partial charge in [-0.25, -0.2) is 4.68 Å². The molecule has 0 saturated carbocycles. The second-order valence-electron chi connectivity index (χ2n) is 3.16. The summed E-state index contributed by atoms with van der Waals surface area (Å²) in [5.74, 6) is 0. The number of hydrogen-bond acceptors (Lipinski definition) is 5. The minimum Gasteiger partial charge on any atom is -0.326 e. The lowest BCUT2D eigenvalue weighted by atomic mass is 10.2. The highest BCUT2D eigenvalue weighted by Crippen LogP contribution is 2.31. The molecule has 2 rings (SSSR count). The average Bonchev–Trinajstić information content (AvgIpc) is 2.67. The van der Waals surface area contributed by atoms with Crippen LogP contribution in [0.25, 0.3) is 0 Å². The molecule has 1 heterocycles. The van der Waals surface area contributed by atoms with Crippen LogP contribution in [0.1, 0.15) is 5.56 Å². The van der Waals surface area contributed by atoms with E-state index in [0.29, 0.717) is 16.7 Å². The second kappa shape index (κ2) is 4.82. The molecule has 0 saturated heterocycles. The summed E-state index contributed by atoms with van der Waals surface area (Å²) < 4.78 is 1.60. The molecule has 0 fully saturated rings. The molecule has 0 aliphatic carbocycles. The van der Waals surface area contributed by atoms with Gasteiger partial charge in [0.1, 0.15) is 0 Å². The largest absolute Gasteiger partial charge is 0.326 e. The number of tetrazole rings is 1. The Morgan fingerprint density at radius 1 is 1.50 bits per heavy atom. The van der Waals surface area contributed by atoms with Crippen LogP contribution in [0.4, 0.5) is 0 Å². The van der Waals surface area contributed by atoms with E-state index in [9.17, 15) is 0 Å². The Balaban J connectivity index is 2.25. The lowest BCUT2D eigenvalue weighted by Gasteiger charge is -2.04. The molecule has 0 bridgehead atoms. The zero-order valence-corrected chi connectivity index (χ0v) is 10.2. The van der Waals surface area contributed by atoms with Crippen molar-refractivity contribution in [2.75, 3.05) is 0 Å². The fourth-order valence-corrected chi connectivity index (χ4v) is 2.21. The molecule has 0 aliphatic heterocycles. The number of aryl methyl sites for hydroxylation is 1. The standard InChI is InChI=1S/C9H10ClN5S/c1-15-9(12-13-14-15)16-8-3-2-6(5-11)4-7(8)10/h2-4H,5,11H2,1H3. The first-order valence-corrected chi connectivity index (χ1v) is 5.79. The zero-order valence-electron chi connectivity index (χ0n) is 8.59. The van der Waals surface area contributed by atoms with E-state index in [1.165, 1.54) is 11.8 Å². The van der Waals surface area contributed by atoms with Crippen LogP contribution in [-0.2, 0) is 13.6 Å². The number of halogens is 1. The monoisotopic (exact) mass is 255 g/mol. The van der Waals surface area contributed by atoms with Crippen LogP contribution in [0.3, 0.4) is 0 Å². The van der Waals surface area contributed by atoms with E-state index < -0.39 is 0 Å². The van der Waals surface area contributed by atoms with E-state index in [4.69, 9.17) is 17.3 Å². The molecule has 0 amide bonds. The summed E-state index contributed by atoms with van der Waals surface area (Å²) in [6.07, 6.45) is 0. The van der Waals surface area contributed by atoms with Crippen molar-refractivity contribution in [2.24, 2.45) is 12.8 Å². The summed E-state index contributed by atoms with van der Waals surface area (Å²) >= 11 is 7.54. The Kier molecular flexibility index (Phi) is 3.42. The number of rotatable bonds is 3. The van der Waals surface area contributed by atoms with Gasteiger partial charge in [-0.1, -0.05) is 17.7 Å². The van der Waals surface area contributed by atoms with Crippen LogP contribution in [0.5, 0.6) is 0 Å². The van der Waals surface area contributed by atoms with Crippen molar-refractivity contribution in [1.82, 2.24) is 20.2 Å². The molecule has 2 aromatic rings. The van der Waals surface area contributed by atoms with E-state index in [1.807, 2.05) is 18.2 Å². The molecule has 0 radical (unpaired) electrons. The van der Waals surface area contributed by atoms with Crippen LogP contribution in [-0.4, -0.2) is 20.2 Å². The van der Waals surface area contributed by atoms with E-state index in [1.54, 1.807) is 11.7 Å². The number of hydrogen-bond donors (Lipinski definition) is 1. The molecule has 16 heavy (non-hydrogen) atoms. The second-order valence-corrected chi connectivity index (χ2v) is 4.57. The van der Waals surface area contributed by atoms with Gasteiger partial charge >= 0.3 is 0 Å². The molecule has 84 valence electrons. The summed E-state index contributed by atoms with van der Waals surface area (Å²) in [5.41, 5.74) is 6.53. The smallest absolute Gasteiger partial charge is 0.213 e. The molecule has 1 aromatic heterocycles. The third-order valence-corrected chi connectivity index (χ3v) is 3.54. The summed E-state index contributed by atoms with van der Waals surface area (Å²) in [5, 5.41) is 12.5. The normalized spacial score (nSPS) is 10.7. The predicted molar refractivity (Wildman–Crippen MR) is 62.3 cm³/mol. The highest BCUT2D eigenvalue weighted by atomic mass is 35.5. The van der Waals surface area contributed by atoms with Crippen molar-refractivity contribution in [3.8, 4) is 0 Å². The van der Waals surface area contributed by atoms with Gasteiger partial charge in [0.2, 0.25) is 5.16 Å². The lowest BCUT2D eigenvalue weighted by molar-refractivity contribution is 0.664. The van der Waals surface area contributed by atoms with E-state index in [0.717, 1.165) is 10.5 Å². The molecular weight excluding hydrogens is 246 g/mol. The average molecular weight is 256 g/mol. The molecule has 0 unspecified atom stereocenters. The zero-order chi connectivity index (χ0) is 11.5. The maximum Gasteiger partial charge on any atom is 0.213 e. The summed E-state index contributed by atoms with van der Waals surface area (Å²) in [6, 6.07) is 5.72. The van der Waals surface area contributed by atoms with Crippen LogP contribution in [0.15, 0.2) is 28.3 Å². The quantitative estimate of drug-likeness (QED) is 0.900. The Hall–Kier alpha value is -1.11. The number of aromatic nitrogens is 4. The Morgan fingerprint density at radius 2 is 2.31 bits per heavy atom. The maximum atomic E-state index is 6.12. The Labute approximate surface area is 102 Å². The molecule has 7 heteroatoms. The minimum absolute atomic E-state index is 0.482. The fourth-order valence-electron chi connectivity index (χ4n) is 1.16. The van der Waals surface area contributed by atoms with Gasteiger partial charge in [0, 0.05) is 18.5 Å². The number of nitrogens with two attached hydrogens (primary N) is 1. The van der Waals surface area contributed by atoms with Crippen molar-refractivity contribution in [3.63, 3.8) is 0 Å². The molecule has 5 nitrogen and oxygen atoms in total. The Morgan fingerprint density at radius 3 is 2.88 bits per heavy atom. The SMILES string of the molecule is Cn1nnnc1Sc1ccc(CN)cc1Cl. The molecule has 0 spiro atoms. The topological polar surface area (TPSA) is 69.6 Å². The predicted octanol–water partition coefficient (Wildman–Crippen LogP) is 1.47. The Bertz CT molecular complexity index is 498. The van der Waals surface area contributed by atoms with Crippen molar-refractivity contribution in [3.05, 3.63) is 28.8 Å². The first-order chi connectivity index (χ1) is 7.70. The van der Waals surface area contributed by atoms with Crippen molar-refractivity contribution >= 4 is 23.4 Å². The van der Waals surface area contributed by atoms with Crippen molar-refractivity contribution in [1.29, 1.82) is 0 Å². The van der Waals surface area contributed by atoms with E-state index in [-0.39, 0.29) is 0 Å². The van der Waals surface area contributed by atoms with Gasteiger partial charge in [0.15, 0.2) is 0 Å². The fraction of sp³-hybridized carbons (Fsp3) is 0.222. The lowest BCUT2D eigenvalue weighted by Crippen LogP contribution is -1.96.